The molecular weight excluding hydrogens is 100 g/mol. The first-order chi connectivity index (χ1) is 3.66. The summed E-state index contributed by atoms with van der Waals surface area (Å²) in [5.41, 5.74) is 0. The van der Waals surface area contributed by atoms with E-state index < -0.39 is 0 Å². The normalized spacial score (nSPS) is 8.50. The Bertz CT molecular complexity index is 82.5. The first-order valence-corrected chi connectivity index (χ1v) is 2.88. The number of rotatable bonds is 2. The maximum Gasteiger partial charge on any atom is 0.233 e. The smallest absolute Gasteiger partial charge is 0.233 e. The molecule has 0 aliphatic rings. The van der Waals surface area contributed by atoms with Crippen molar-refractivity contribution in [3.8, 4) is 0 Å². The van der Waals surface area contributed by atoms with Gasteiger partial charge < -0.3 is 0 Å². The van der Waals surface area contributed by atoms with Gasteiger partial charge in [-0.2, -0.15) is 0 Å². The molecule has 0 bridgehead atoms. The highest BCUT2D eigenvalue weighted by molar-refractivity contribution is 5.47. The molecule has 0 radical (unpaired) electrons. The fraction of sp³-hybridized carbons (Fsp3) is 0.833. The number of hydrogen-bond acceptors (Lipinski definition) is 0. The third-order valence-electron chi connectivity index (χ3n) is 0.927. The van der Waals surface area contributed by atoms with Gasteiger partial charge in [-0.15, -0.1) is 0 Å². The zero-order valence-electron chi connectivity index (χ0n) is 6.18. The molecule has 48 valence electrons. The lowest BCUT2D eigenvalue weighted by molar-refractivity contribution is -0.464. The summed E-state index contributed by atoms with van der Waals surface area (Å²) in [6.07, 6.45) is 2.06. The highest BCUT2D eigenvalue weighted by atomic mass is 15.2. The second-order valence-electron chi connectivity index (χ2n) is 2.15. The summed E-state index contributed by atoms with van der Waals surface area (Å²) in [6.45, 7) is 3.19. The van der Waals surface area contributed by atoms with Gasteiger partial charge in [0.25, 0.3) is 0 Å². The molecule has 0 saturated carbocycles. The minimum atomic E-state index is 1.07. The molecular formula is C6H15N2+. The summed E-state index contributed by atoms with van der Waals surface area (Å²) in [5, 5.41) is 0. The summed E-state index contributed by atoms with van der Waals surface area (Å²) < 4.78 is 2.03. The van der Waals surface area contributed by atoms with Crippen molar-refractivity contribution in [2.45, 2.75) is 6.92 Å². The Morgan fingerprint density at radius 3 is 2.12 bits per heavy atom. The van der Waals surface area contributed by atoms with Crippen molar-refractivity contribution in [2.24, 2.45) is 0 Å². The maximum absolute atomic E-state index is 2.12. The standard InChI is InChI=1S/C6H15N2/c1-5-8(4)6-7(2)3/h6H,5H2,1-4H3/q+1. The van der Waals surface area contributed by atoms with Gasteiger partial charge in [-0.25, -0.2) is 0 Å². The summed E-state index contributed by atoms with van der Waals surface area (Å²) in [7, 11) is 6.10. The topological polar surface area (TPSA) is 6.25 Å². The van der Waals surface area contributed by atoms with E-state index >= 15 is 0 Å². The molecule has 0 aromatic rings. The van der Waals surface area contributed by atoms with Crippen molar-refractivity contribution >= 4 is 6.34 Å². The summed E-state index contributed by atoms with van der Waals surface area (Å²) in [4.78, 5) is 2.12. The molecule has 8 heavy (non-hydrogen) atoms. The molecule has 0 N–H and O–H groups in total. The predicted molar refractivity (Wildman–Crippen MR) is 36.5 cm³/mol. The Balaban J connectivity index is 3.51. The lowest BCUT2D eigenvalue weighted by Gasteiger charge is -2.01. The van der Waals surface area contributed by atoms with E-state index in [4.69, 9.17) is 0 Å². The Morgan fingerprint density at radius 2 is 2.00 bits per heavy atom. The first kappa shape index (κ1) is 7.47. The van der Waals surface area contributed by atoms with E-state index in [-0.39, 0.29) is 0 Å². The van der Waals surface area contributed by atoms with E-state index in [2.05, 4.69) is 25.2 Å². The summed E-state index contributed by atoms with van der Waals surface area (Å²) in [5.74, 6) is 0. The van der Waals surface area contributed by atoms with E-state index in [9.17, 15) is 0 Å². The van der Waals surface area contributed by atoms with Crippen LogP contribution in [-0.4, -0.2) is 43.5 Å². The minimum Gasteiger partial charge on any atom is -0.274 e. The van der Waals surface area contributed by atoms with Crippen molar-refractivity contribution in [3.05, 3.63) is 0 Å². The van der Waals surface area contributed by atoms with E-state index in [1.54, 1.807) is 0 Å². The monoisotopic (exact) mass is 115 g/mol. The van der Waals surface area contributed by atoms with Gasteiger partial charge in [-0.05, 0) is 6.92 Å². The number of hydrogen-bond donors (Lipinski definition) is 0. The van der Waals surface area contributed by atoms with E-state index in [0.29, 0.717) is 0 Å². The molecule has 0 rings (SSSR count). The average molecular weight is 115 g/mol. The minimum absolute atomic E-state index is 1.07. The molecule has 0 heterocycles. The zero-order chi connectivity index (χ0) is 6.57. The van der Waals surface area contributed by atoms with Crippen LogP contribution in [-0.2, 0) is 0 Å². The van der Waals surface area contributed by atoms with Crippen LogP contribution < -0.4 is 0 Å². The first-order valence-electron chi connectivity index (χ1n) is 2.88. The lowest BCUT2D eigenvalue weighted by Crippen LogP contribution is -2.20. The molecule has 2 heteroatoms. The summed E-state index contributed by atoms with van der Waals surface area (Å²) in [6, 6.07) is 0. The van der Waals surface area contributed by atoms with Crippen molar-refractivity contribution in [3.63, 3.8) is 0 Å². The van der Waals surface area contributed by atoms with Gasteiger partial charge in [0, 0.05) is 0 Å². The van der Waals surface area contributed by atoms with E-state index in [1.165, 1.54) is 0 Å². The third kappa shape index (κ3) is 3.65. The van der Waals surface area contributed by atoms with Gasteiger partial charge in [0.05, 0.1) is 27.7 Å². The van der Waals surface area contributed by atoms with Crippen LogP contribution in [0.2, 0.25) is 0 Å². The van der Waals surface area contributed by atoms with Gasteiger partial charge in [0.1, 0.15) is 0 Å². The largest absolute Gasteiger partial charge is 0.274 e. The van der Waals surface area contributed by atoms with E-state index in [1.807, 2.05) is 18.7 Å². The van der Waals surface area contributed by atoms with Gasteiger partial charge in [0.2, 0.25) is 6.34 Å². The predicted octanol–water partition coefficient (Wildman–Crippen LogP) is 0.238. The Kier molecular flexibility index (Phi) is 3.24. The van der Waals surface area contributed by atoms with Crippen LogP contribution in [0.25, 0.3) is 0 Å². The quantitative estimate of drug-likeness (QED) is 0.284. The van der Waals surface area contributed by atoms with Crippen LogP contribution in [0, 0.1) is 0 Å². The van der Waals surface area contributed by atoms with Crippen molar-refractivity contribution in [2.75, 3.05) is 27.7 Å². The van der Waals surface area contributed by atoms with Gasteiger partial charge in [-0.1, -0.05) is 0 Å². The van der Waals surface area contributed by atoms with Gasteiger partial charge in [0.15, 0.2) is 0 Å². The van der Waals surface area contributed by atoms with Gasteiger partial charge >= 0.3 is 0 Å². The molecule has 0 unspecified atom stereocenters. The van der Waals surface area contributed by atoms with Gasteiger partial charge in [-0.3, -0.25) is 9.48 Å². The van der Waals surface area contributed by atoms with Crippen LogP contribution in [0.1, 0.15) is 6.92 Å². The van der Waals surface area contributed by atoms with E-state index in [0.717, 1.165) is 6.54 Å². The fourth-order valence-corrected chi connectivity index (χ4v) is 0.476. The average Bonchev–Trinajstić information content (AvgIpc) is 1.65. The van der Waals surface area contributed by atoms with Crippen LogP contribution in [0.3, 0.4) is 0 Å². The highest BCUT2D eigenvalue weighted by Gasteiger charge is 1.90. The second-order valence-corrected chi connectivity index (χ2v) is 2.15. The molecule has 0 amide bonds. The van der Waals surface area contributed by atoms with Crippen LogP contribution >= 0.6 is 0 Å². The second kappa shape index (κ2) is 3.47. The molecule has 0 spiro atoms. The molecule has 0 saturated heterocycles. The molecule has 0 aliphatic carbocycles. The highest BCUT2D eigenvalue weighted by Crippen LogP contribution is 1.70. The third-order valence-corrected chi connectivity index (χ3v) is 0.927. The molecule has 0 fully saturated rings. The molecule has 0 aliphatic heterocycles. The zero-order valence-corrected chi connectivity index (χ0v) is 6.18. The van der Waals surface area contributed by atoms with Crippen LogP contribution in [0.5, 0.6) is 0 Å². The summed E-state index contributed by atoms with van der Waals surface area (Å²) >= 11 is 0. The Hall–Kier alpha value is -0.530. The number of nitrogens with zero attached hydrogens (tertiary/aromatic N) is 2. The molecule has 0 aromatic heterocycles. The molecule has 0 aromatic carbocycles. The van der Waals surface area contributed by atoms with Crippen molar-refractivity contribution < 1.29 is 4.58 Å². The Morgan fingerprint density at radius 1 is 1.50 bits per heavy atom. The SMILES string of the molecule is CCN(C)C=[N+](C)C. The molecule has 0 atom stereocenters. The van der Waals surface area contributed by atoms with Crippen LogP contribution in [0.15, 0.2) is 0 Å². The lowest BCUT2D eigenvalue weighted by atomic mass is 10.7. The van der Waals surface area contributed by atoms with Crippen molar-refractivity contribution in [1.29, 1.82) is 0 Å². The van der Waals surface area contributed by atoms with Crippen LogP contribution in [0.4, 0.5) is 0 Å². The maximum atomic E-state index is 2.12. The fourth-order valence-electron chi connectivity index (χ4n) is 0.476. The van der Waals surface area contributed by atoms with Crippen molar-refractivity contribution in [1.82, 2.24) is 4.90 Å². The Labute approximate surface area is 51.4 Å². The molecule has 2 nitrogen and oxygen atoms in total.